The van der Waals surface area contributed by atoms with Crippen LogP contribution in [-0.2, 0) is 9.59 Å². The Hall–Kier alpha value is -1.92. The summed E-state index contributed by atoms with van der Waals surface area (Å²) in [6.07, 6.45) is 47.5. The Morgan fingerprint density at radius 3 is 1.63 bits per heavy atom. The molecule has 1 saturated carbocycles. The average molecular weight is 726 g/mol. The number of aliphatic hydroxyl groups excluding tert-OH is 1. The Morgan fingerprint density at radius 2 is 1.12 bits per heavy atom. The molecule has 2 rings (SSSR count). The van der Waals surface area contributed by atoms with E-state index in [1.54, 1.807) is 0 Å². The van der Waals surface area contributed by atoms with Crippen molar-refractivity contribution < 1.29 is 14.7 Å². The van der Waals surface area contributed by atoms with Gasteiger partial charge in [0.15, 0.2) is 0 Å². The minimum absolute atomic E-state index is 0.0588. The number of allylic oxidation sites excluding steroid dienone is 6. The largest absolute Gasteiger partial charge is 0.390 e. The van der Waals surface area contributed by atoms with Crippen molar-refractivity contribution in [3.05, 3.63) is 36.5 Å². The molecule has 0 aromatic rings. The molecule has 0 radical (unpaired) electrons. The molecule has 1 heterocycles. The van der Waals surface area contributed by atoms with Gasteiger partial charge in [0, 0.05) is 39.1 Å². The van der Waals surface area contributed by atoms with Crippen LogP contribution in [0.2, 0.25) is 0 Å². The van der Waals surface area contributed by atoms with Crippen LogP contribution in [0, 0.1) is 0 Å². The quantitative estimate of drug-likeness (QED) is 0.0504. The lowest BCUT2D eigenvalue weighted by atomic mass is 9.74. The molecule has 6 nitrogen and oxygen atoms in total. The van der Waals surface area contributed by atoms with Crippen molar-refractivity contribution >= 4 is 11.8 Å². The van der Waals surface area contributed by atoms with Gasteiger partial charge in [-0.2, -0.15) is 0 Å². The molecule has 0 unspecified atom stereocenters. The van der Waals surface area contributed by atoms with E-state index >= 15 is 0 Å². The number of nitrogens with zero attached hydrogens (tertiary/aromatic N) is 2. The summed E-state index contributed by atoms with van der Waals surface area (Å²) in [5.74, 6) is 0.197. The molecular weight excluding hydrogens is 643 g/mol. The summed E-state index contributed by atoms with van der Waals surface area (Å²) in [5.41, 5.74) is -0.680. The third-order valence-corrected chi connectivity index (χ3v) is 11.3. The van der Waals surface area contributed by atoms with Gasteiger partial charge in [0.05, 0.1) is 6.10 Å². The van der Waals surface area contributed by atoms with E-state index < -0.39 is 5.54 Å². The zero-order chi connectivity index (χ0) is 37.4. The number of amides is 2. The number of carbonyl (C=O) groups is 2. The Bertz CT molecular complexity index is 966. The van der Waals surface area contributed by atoms with Crippen LogP contribution in [0.3, 0.4) is 0 Å². The number of hydrogen-bond acceptors (Lipinski definition) is 4. The van der Waals surface area contributed by atoms with Crippen LogP contribution in [0.4, 0.5) is 0 Å². The minimum atomic E-state index is -0.680. The summed E-state index contributed by atoms with van der Waals surface area (Å²) in [5, 5.41) is 13.0. The van der Waals surface area contributed by atoms with Crippen molar-refractivity contribution in [1.82, 2.24) is 15.1 Å². The molecule has 0 spiro atoms. The Balaban J connectivity index is 1.61. The molecule has 2 amide bonds. The van der Waals surface area contributed by atoms with Gasteiger partial charge in [-0.1, -0.05) is 140 Å². The van der Waals surface area contributed by atoms with Crippen molar-refractivity contribution in [3.8, 4) is 0 Å². The van der Waals surface area contributed by atoms with Gasteiger partial charge < -0.3 is 15.3 Å². The highest BCUT2D eigenvalue weighted by atomic mass is 16.3. The number of β-amino-alcohol motifs (C(OH)–C–C–N with tert-alkyl or cyclic N) is 1. The summed E-state index contributed by atoms with van der Waals surface area (Å²) in [6.45, 7) is 7.87. The summed E-state index contributed by atoms with van der Waals surface area (Å²) in [4.78, 5) is 31.5. The van der Waals surface area contributed by atoms with E-state index in [-0.39, 0.29) is 17.9 Å². The fraction of sp³-hybridized carbons (Fsp3) is 0.826. The van der Waals surface area contributed by atoms with Crippen LogP contribution in [0.1, 0.15) is 200 Å². The van der Waals surface area contributed by atoms with Crippen molar-refractivity contribution in [2.45, 2.75) is 212 Å². The van der Waals surface area contributed by atoms with E-state index in [9.17, 15) is 14.7 Å². The van der Waals surface area contributed by atoms with E-state index in [1.807, 2.05) is 4.90 Å². The van der Waals surface area contributed by atoms with Gasteiger partial charge >= 0.3 is 0 Å². The van der Waals surface area contributed by atoms with Gasteiger partial charge in [-0.15, -0.1) is 0 Å². The topological polar surface area (TPSA) is 72.9 Å². The second-order valence-corrected chi connectivity index (χ2v) is 16.0. The molecule has 0 bridgehead atoms. The van der Waals surface area contributed by atoms with Crippen molar-refractivity contribution in [2.24, 2.45) is 0 Å². The Labute approximate surface area is 321 Å². The third kappa shape index (κ3) is 21.1. The first-order chi connectivity index (χ1) is 25.5. The van der Waals surface area contributed by atoms with E-state index in [1.165, 1.54) is 116 Å². The van der Waals surface area contributed by atoms with Crippen LogP contribution >= 0.6 is 0 Å². The lowest BCUT2D eigenvalue weighted by Crippen LogP contribution is -2.66. The number of unbranched alkanes of at least 4 members (excludes halogenated alkanes) is 20. The summed E-state index contributed by atoms with van der Waals surface area (Å²) in [6, 6.07) is 0. The molecule has 52 heavy (non-hydrogen) atoms. The number of aliphatic hydroxyl groups is 1. The maximum absolute atomic E-state index is 13.7. The maximum atomic E-state index is 13.7. The van der Waals surface area contributed by atoms with E-state index in [0.29, 0.717) is 32.6 Å². The van der Waals surface area contributed by atoms with Gasteiger partial charge in [0.25, 0.3) is 0 Å². The predicted molar refractivity (Wildman–Crippen MR) is 223 cm³/mol. The molecule has 0 atom stereocenters. The fourth-order valence-electron chi connectivity index (χ4n) is 7.64. The third-order valence-electron chi connectivity index (χ3n) is 11.3. The molecule has 0 aromatic heterocycles. The molecule has 1 aliphatic heterocycles. The SMILES string of the molecule is CCCCC/C=C\C/C=C\CCCCCCCC(=O)N(CCN1CC(O)C1)C1(C(=O)NCCCCCCCC/C=C\CCCCCCCC)CCC1. The van der Waals surface area contributed by atoms with Gasteiger partial charge in [0.2, 0.25) is 11.8 Å². The van der Waals surface area contributed by atoms with Crippen molar-refractivity contribution in [2.75, 3.05) is 32.7 Å². The second kappa shape index (κ2) is 31.4. The molecule has 0 aromatic carbocycles. The van der Waals surface area contributed by atoms with Crippen LogP contribution in [0.15, 0.2) is 36.5 Å². The standard InChI is InChI=1S/C46H83N3O3/c1-3-5-7-9-11-13-15-17-19-21-23-25-27-29-31-33-38-47-45(52)46(36-34-37-46)49(40-39-48-41-43(50)42-48)44(51)35-32-30-28-26-24-22-20-18-16-14-12-10-8-6-4-2/h12,14,17-20,43,50H,3-11,13,15-16,21-42H2,1-2H3,(H,47,52)/b14-12-,19-17-,20-18-. The zero-order valence-electron chi connectivity index (χ0n) is 34.2. The van der Waals surface area contributed by atoms with Crippen LogP contribution in [0.25, 0.3) is 0 Å². The minimum Gasteiger partial charge on any atom is -0.390 e. The maximum Gasteiger partial charge on any atom is 0.245 e. The van der Waals surface area contributed by atoms with Crippen LogP contribution in [0.5, 0.6) is 0 Å². The number of hydrogen-bond donors (Lipinski definition) is 2. The predicted octanol–water partition coefficient (Wildman–Crippen LogP) is 11.4. The van der Waals surface area contributed by atoms with E-state index in [2.05, 4.69) is 60.5 Å². The average Bonchev–Trinajstić information content (AvgIpc) is 3.11. The molecule has 2 N–H and O–H groups in total. The normalized spacial score (nSPS) is 16.2. The van der Waals surface area contributed by atoms with Crippen molar-refractivity contribution in [1.29, 1.82) is 0 Å². The van der Waals surface area contributed by atoms with Gasteiger partial charge in [-0.25, -0.2) is 0 Å². The summed E-state index contributed by atoms with van der Waals surface area (Å²) >= 11 is 0. The smallest absolute Gasteiger partial charge is 0.245 e. The number of rotatable bonds is 35. The van der Waals surface area contributed by atoms with Gasteiger partial charge in [0.1, 0.15) is 5.54 Å². The first-order valence-electron chi connectivity index (χ1n) is 22.5. The summed E-state index contributed by atoms with van der Waals surface area (Å²) < 4.78 is 0. The van der Waals surface area contributed by atoms with Crippen LogP contribution < -0.4 is 5.32 Å². The van der Waals surface area contributed by atoms with E-state index in [4.69, 9.17) is 0 Å². The highest BCUT2D eigenvalue weighted by molar-refractivity contribution is 5.92. The van der Waals surface area contributed by atoms with Gasteiger partial charge in [-0.05, 0) is 89.9 Å². The highest BCUT2D eigenvalue weighted by Gasteiger charge is 2.50. The molecular formula is C46H83N3O3. The first kappa shape index (κ1) is 46.2. The molecule has 1 saturated heterocycles. The number of nitrogens with one attached hydrogen (secondary N) is 1. The zero-order valence-corrected chi connectivity index (χ0v) is 34.2. The molecule has 2 aliphatic rings. The molecule has 2 fully saturated rings. The van der Waals surface area contributed by atoms with E-state index in [0.717, 1.165) is 70.8 Å². The molecule has 1 aliphatic carbocycles. The lowest BCUT2D eigenvalue weighted by molar-refractivity contribution is -0.155. The molecule has 6 heteroatoms. The van der Waals surface area contributed by atoms with Crippen LogP contribution in [-0.4, -0.2) is 71.1 Å². The fourth-order valence-corrected chi connectivity index (χ4v) is 7.64. The monoisotopic (exact) mass is 726 g/mol. The number of carbonyl (C=O) groups excluding carboxylic acids is 2. The first-order valence-corrected chi connectivity index (χ1v) is 22.5. The second-order valence-electron chi connectivity index (χ2n) is 16.0. The summed E-state index contributed by atoms with van der Waals surface area (Å²) in [7, 11) is 0. The van der Waals surface area contributed by atoms with Crippen molar-refractivity contribution in [3.63, 3.8) is 0 Å². The number of likely N-dealkylation sites (tertiary alicyclic amines) is 1. The Kier molecular flexibility index (Phi) is 27.9. The lowest BCUT2D eigenvalue weighted by Gasteiger charge is -2.50. The van der Waals surface area contributed by atoms with Gasteiger partial charge in [-0.3, -0.25) is 14.5 Å². The molecule has 300 valence electrons. The Morgan fingerprint density at radius 1 is 0.654 bits per heavy atom. The highest BCUT2D eigenvalue weighted by Crippen LogP contribution is 2.39.